The van der Waals surface area contributed by atoms with Crippen LogP contribution in [0.2, 0.25) is 0 Å². The molecule has 0 bridgehead atoms. The lowest BCUT2D eigenvalue weighted by Crippen LogP contribution is -2.19. The first-order valence-corrected chi connectivity index (χ1v) is 4.90. The maximum Gasteiger partial charge on any atom is 0.139 e. The van der Waals surface area contributed by atoms with Gasteiger partial charge in [0.1, 0.15) is 6.29 Å². The molecule has 0 radical (unpaired) electrons. The molecule has 2 heteroatoms. The van der Waals surface area contributed by atoms with Crippen LogP contribution in [0.5, 0.6) is 0 Å². The summed E-state index contributed by atoms with van der Waals surface area (Å²) >= 11 is 0. The summed E-state index contributed by atoms with van der Waals surface area (Å²) in [6.45, 7) is 4.79. The number of anilines is 1. The van der Waals surface area contributed by atoms with Gasteiger partial charge in [-0.15, -0.1) is 0 Å². The number of hydrogen-bond donors (Lipinski definition) is 0. The molecule has 0 heterocycles. The number of rotatable bonds is 4. The zero-order chi connectivity index (χ0) is 10.6. The van der Waals surface area contributed by atoms with E-state index < -0.39 is 0 Å². The van der Waals surface area contributed by atoms with Crippen LogP contribution in [0.4, 0.5) is 5.69 Å². The summed E-state index contributed by atoms with van der Waals surface area (Å²) < 4.78 is 0. The molecule has 2 nitrogen and oxygen atoms in total. The molecule has 0 fully saturated rings. The number of benzene rings is 1. The quantitative estimate of drug-likeness (QED) is 0.681. The minimum absolute atomic E-state index is 0.445. The second kappa shape index (κ2) is 4.80. The number of carbonyl (C=O) groups excluding carboxylic acids is 1. The van der Waals surface area contributed by atoms with Crippen LogP contribution < -0.4 is 4.90 Å². The maximum atomic E-state index is 10.3. The predicted octanol–water partition coefficient (Wildman–Crippen LogP) is 2.45. The van der Waals surface area contributed by atoms with Gasteiger partial charge in [0.15, 0.2) is 0 Å². The van der Waals surface area contributed by atoms with E-state index in [1.54, 1.807) is 0 Å². The van der Waals surface area contributed by atoms with E-state index in [1.165, 1.54) is 5.56 Å². The fourth-order valence-electron chi connectivity index (χ4n) is 1.33. The van der Waals surface area contributed by atoms with Crippen LogP contribution in [0.1, 0.15) is 25.3 Å². The van der Waals surface area contributed by atoms with Crippen molar-refractivity contribution in [3.63, 3.8) is 0 Å². The van der Waals surface area contributed by atoms with Gasteiger partial charge in [-0.25, -0.2) is 0 Å². The molecule has 0 aliphatic carbocycles. The first-order valence-electron chi connectivity index (χ1n) is 4.90. The van der Waals surface area contributed by atoms with Crippen molar-refractivity contribution in [1.82, 2.24) is 0 Å². The van der Waals surface area contributed by atoms with Gasteiger partial charge in [-0.3, -0.25) is 0 Å². The summed E-state index contributed by atoms with van der Waals surface area (Å²) in [5.41, 5.74) is 2.41. The van der Waals surface area contributed by atoms with Crippen LogP contribution in [-0.2, 0) is 4.79 Å². The Kier molecular flexibility index (Phi) is 3.69. The van der Waals surface area contributed by atoms with Gasteiger partial charge in [-0.2, -0.15) is 0 Å². The second-order valence-corrected chi connectivity index (χ2v) is 3.79. The van der Waals surface area contributed by atoms with Crippen LogP contribution >= 0.6 is 0 Å². The smallest absolute Gasteiger partial charge is 0.139 e. The van der Waals surface area contributed by atoms with Crippen molar-refractivity contribution in [3.05, 3.63) is 29.8 Å². The second-order valence-electron chi connectivity index (χ2n) is 3.79. The molecule has 1 rings (SSSR count). The molecule has 0 N–H and O–H groups in total. The molecule has 0 amide bonds. The van der Waals surface area contributed by atoms with Crippen molar-refractivity contribution >= 4 is 12.0 Å². The van der Waals surface area contributed by atoms with E-state index in [2.05, 4.69) is 38.1 Å². The minimum atomic E-state index is 0.445. The molecule has 0 aromatic heterocycles. The number of aldehydes is 1. The van der Waals surface area contributed by atoms with Gasteiger partial charge in [0.25, 0.3) is 0 Å². The number of carbonyl (C=O) groups is 1. The summed E-state index contributed by atoms with van der Waals surface area (Å²) in [6, 6.07) is 8.33. The minimum Gasteiger partial charge on any atom is -0.368 e. The summed E-state index contributed by atoms with van der Waals surface area (Å²) in [5, 5.41) is 0. The molecule has 0 saturated carbocycles. The van der Waals surface area contributed by atoms with Crippen LogP contribution in [0.25, 0.3) is 0 Å². The molecular formula is C12H17NO. The molecule has 0 aliphatic heterocycles. The van der Waals surface area contributed by atoms with E-state index in [4.69, 9.17) is 0 Å². The Bertz CT molecular complexity index is 290. The number of nitrogens with zero attached hydrogens (tertiary/aromatic N) is 1. The van der Waals surface area contributed by atoms with Crippen molar-refractivity contribution in [3.8, 4) is 0 Å². The lowest BCUT2D eigenvalue weighted by molar-refractivity contribution is -0.106. The third-order valence-electron chi connectivity index (χ3n) is 2.35. The summed E-state index contributed by atoms with van der Waals surface area (Å²) in [4.78, 5) is 12.2. The maximum absolute atomic E-state index is 10.3. The lowest BCUT2D eigenvalue weighted by Gasteiger charge is -2.16. The fourth-order valence-corrected chi connectivity index (χ4v) is 1.33. The monoisotopic (exact) mass is 191 g/mol. The van der Waals surface area contributed by atoms with Gasteiger partial charge in [0.05, 0.1) is 6.54 Å². The van der Waals surface area contributed by atoms with Gasteiger partial charge >= 0.3 is 0 Å². The first-order chi connectivity index (χ1) is 6.65. The molecule has 0 saturated heterocycles. The Morgan fingerprint density at radius 2 is 1.86 bits per heavy atom. The van der Waals surface area contributed by atoms with Crippen molar-refractivity contribution < 1.29 is 4.79 Å². The van der Waals surface area contributed by atoms with Crippen molar-refractivity contribution in [2.24, 2.45) is 0 Å². The average molecular weight is 191 g/mol. The molecule has 0 aliphatic rings. The zero-order valence-electron chi connectivity index (χ0n) is 9.03. The Morgan fingerprint density at radius 1 is 1.29 bits per heavy atom. The highest BCUT2D eigenvalue weighted by molar-refractivity contribution is 5.60. The Hall–Kier alpha value is -1.31. The van der Waals surface area contributed by atoms with Gasteiger partial charge in [-0.05, 0) is 23.6 Å². The standard InChI is InChI=1S/C12H17NO/c1-10(2)11-4-6-12(7-5-11)13(3)8-9-14/h4-7,9-10H,8H2,1-3H3. The molecule has 0 atom stereocenters. The van der Waals surface area contributed by atoms with Crippen molar-refractivity contribution in [2.75, 3.05) is 18.5 Å². The van der Waals surface area contributed by atoms with Gasteiger partial charge in [0.2, 0.25) is 0 Å². The summed E-state index contributed by atoms with van der Waals surface area (Å²) in [5.74, 6) is 0.556. The lowest BCUT2D eigenvalue weighted by atomic mass is 10.0. The molecular weight excluding hydrogens is 174 g/mol. The highest BCUT2D eigenvalue weighted by Gasteiger charge is 2.01. The van der Waals surface area contributed by atoms with Crippen LogP contribution in [-0.4, -0.2) is 19.9 Å². The number of hydrogen-bond acceptors (Lipinski definition) is 2. The molecule has 14 heavy (non-hydrogen) atoms. The Morgan fingerprint density at radius 3 is 2.29 bits per heavy atom. The highest BCUT2D eigenvalue weighted by atomic mass is 16.1. The van der Waals surface area contributed by atoms with E-state index in [-0.39, 0.29) is 0 Å². The molecule has 1 aromatic carbocycles. The number of likely N-dealkylation sites (N-methyl/N-ethyl adjacent to an activating group) is 1. The van der Waals surface area contributed by atoms with Crippen LogP contribution in [0.3, 0.4) is 0 Å². The zero-order valence-corrected chi connectivity index (χ0v) is 9.03. The van der Waals surface area contributed by atoms with Gasteiger partial charge in [-0.1, -0.05) is 26.0 Å². The average Bonchev–Trinajstić information content (AvgIpc) is 2.18. The normalized spacial score (nSPS) is 10.3. The first kappa shape index (κ1) is 10.8. The van der Waals surface area contributed by atoms with E-state index >= 15 is 0 Å². The predicted molar refractivity (Wildman–Crippen MR) is 59.9 cm³/mol. The molecule has 0 spiro atoms. The van der Waals surface area contributed by atoms with E-state index in [0.29, 0.717) is 12.5 Å². The van der Waals surface area contributed by atoms with Gasteiger partial charge < -0.3 is 9.69 Å². The van der Waals surface area contributed by atoms with Crippen molar-refractivity contribution in [2.45, 2.75) is 19.8 Å². The van der Waals surface area contributed by atoms with E-state index in [9.17, 15) is 4.79 Å². The third-order valence-corrected chi connectivity index (χ3v) is 2.35. The Balaban J connectivity index is 2.77. The van der Waals surface area contributed by atoms with E-state index in [0.717, 1.165) is 12.0 Å². The molecule has 76 valence electrons. The van der Waals surface area contributed by atoms with Gasteiger partial charge in [0, 0.05) is 12.7 Å². The summed E-state index contributed by atoms with van der Waals surface area (Å²) in [6.07, 6.45) is 0.913. The van der Waals surface area contributed by atoms with Crippen LogP contribution in [0.15, 0.2) is 24.3 Å². The van der Waals surface area contributed by atoms with Crippen molar-refractivity contribution in [1.29, 1.82) is 0 Å². The molecule has 1 aromatic rings. The molecule has 0 unspecified atom stereocenters. The highest BCUT2D eigenvalue weighted by Crippen LogP contribution is 2.18. The largest absolute Gasteiger partial charge is 0.368 e. The van der Waals surface area contributed by atoms with E-state index in [1.807, 2.05) is 11.9 Å². The Labute approximate surface area is 85.5 Å². The SMILES string of the molecule is CC(C)c1ccc(N(C)CC=O)cc1. The summed E-state index contributed by atoms with van der Waals surface area (Å²) in [7, 11) is 1.92. The fraction of sp³-hybridized carbons (Fsp3) is 0.417. The van der Waals surface area contributed by atoms with Crippen LogP contribution in [0, 0.1) is 0 Å². The topological polar surface area (TPSA) is 20.3 Å². The third kappa shape index (κ3) is 2.59.